The number of rotatable bonds is 7. The third-order valence-electron chi connectivity index (χ3n) is 4.00. The highest BCUT2D eigenvalue weighted by Gasteiger charge is 2.44. The molecule has 0 aliphatic carbocycles. The lowest BCUT2D eigenvalue weighted by Crippen LogP contribution is -2.38. The summed E-state index contributed by atoms with van der Waals surface area (Å²) in [7, 11) is 0. The first-order valence-corrected chi connectivity index (χ1v) is 11.2. The van der Waals surface area contributed by atoms with E-state index in [0.29, 0.717) is 6.42 Å². The van der Waals surface area contributed by atoms with Crippen LogP contribution in [0.25, 0.3) is 0 Å². The average molecular weight is 388 g/mol. The molecule has 0 aromatic carbocycles. The van der Waals surface area contributed by atoms with Gasteiger partial charge in [-0.1, -0.05) is 0 Å². The number of ether oxygens (including phenoxy) is 2. The van der Waals surface area contributed by atoms with Crippen LogP contribution in [0.4, 0.5) is 0 Å². The summed E-state index contributed by atoms with van der Waals surface area (Å²) < 4.78 is 11.7. The molecule has 1 fully saturated rings. The molecule has 0 radical (unpaired) electrons. The molecule has 1 aliphatic heterocycles. The van der Waals surface area contributed by atoms with Gasteiger partial charge in [-0.2, -0.15) is 0 Å². The molecule has 0 amide bonds. The van der Waals surface area contributed by atoms with Crippen molar-refractivity contribution in [1.29, 1.82) is 0 Å². The molecule has 2 rings (SSSR count). The molecule has 1 saturated heterocycles. The van der Waals surface area contributed by atoms with Crippen molar-refractivity contribution < 1.29 is 24.5 Å². The number of aromatic nitrogens is 2. The van der Waals surface area contributed by atoms with Crippen molar-refractivity contribution >= 4 is 19.0 Å². The fraction of sp³-hybridized carbons (Fsp3) is 0.625. The van der Waals surface area contributed by atoms with Gasteiger partial charge in [0, 0.05) is 0 Å². The highest BCUT2D eigenvalue weighted by Crippen LogP contribution is 2.39. The van der Waals surface area contributed by atoms with Crippen LogP contribution in [0.2, 0.25) is 0 Å². The molecule has 3 N–H and O–H groups in total. The first-order chi connectivity index (χ1) is 12.0. The molecule has 146 valence electrons. The Kier molecular flexibility index (Phi) is 6.29. The second-order valence-corrected chi connectivity index (χ2v) is 11.5. The summed E-state index contributed by atoms with van der Waals surface area (Å²) in [6.07, 6.45) is 2.06. The highest BCUT2D eigenvalue weighted by molar-refractivity contribution is 7.72. The van der Waals surface area contributed by atoms with Crippen LogP contribution < -0.4 is 16.0 Å². The van der Waals surface area contributed by atoms with Crippen LogP contribution in [0.15, 0.2) is 15.8 Å². The zero-order valence-corrected chi connectivity index (χ0v) is 15.9. The number of aliphatic hydroxyl groups is 2. The lowest BCUT2D eigenvalue weighted by molar-refractivity contribution is -0.118. The molecule has 0 saturated carbocycles. The van der Waals surface area contributed by atoms with Crippen LogP contribution in [0, 0.1) is 0 Å². The number of nitrogens with zero attached hydrogens (tertiary/aromatic N) is 1. The van der Waals surface area contributed by atoms with E-state index in [2.05, 4.69) is 11.3 Å². The van der Waals surface area contributed by atoms with E-state index >= 15 is 0 Å². The second kappa shape index (κ2) is 7.92. The van der Waals surface area contributed by atoms with E-state index in [9.17, 15) is 24.6 Å². The predicted octanol–water partition coefficient (Wildman–Crippen LogP) is -0.777. The fourth-order valence-electron chi connectivity index (χ4n) is 2.61. The van der Waals surface area contributed by atoms with Crippen molar-refractivity contribution in [3.8, 4) is 5.75 Å². The number of nitrogens with one attached hydrogen (secondary N) is 1. The Bertz CT molecular complexity index is 825. The third-order valence-corrected chi connectivity index (χ3v) is 5.47. The van der Waals surface area contributed by atoms with Gasteiger partial charge in [0.2, 0.25) is 5.75 Å². The number of Topliss-reactive ketones (excluding diaryl/α,β-unsaturated/α-hetero) is 1. The highest BCUT2D eigenvalue weighted by atomic mass is 31.2. The molecule has 2 heterocycles. The maximum atomic E-state index is 12.1. The van der Waals surface area contributed by atoms with Crippen LogP contribution in [-0.2, 0) is 9.53 Å². The number of H-pyrrole nitrogens is 1. The van der Waals surface area contributed by atoms with E-state index in [0.717, 1.165) is 16.9 Å². The van der Waals surface area contributed by atoms with Gasteiger partial charge in [0.15, 0.2) is 12.0 Å². The smallest absolute Gasteiger partial charge is 0.330 e. The zero-order chi connectivity index (χ0) is 19.6. The van der Waals surface area contributed by atoms with E-state index in [-0.39, 0.29) is 18.1 Å². The number of ketones is 1. The van der Waals surface area contributed by atoms with Crippen molar-refractivity contribution in [2.45, 2.75) is 37.9 Å². The van der Waals surface area contributed by atoms with Gasteiger partial charge in [-0.15, -0.1) is 13.2 Å². The minimum absolute atomic E-state index is 0.252. The number of carbonyl (C=O) groups is 1. The molecular weight excluding hydrogens is 363 g/mol. The van der Waals surface area contributed by atoms with E-state index in [4.69, 9.17) is 9.47 Å². The van der Waals surface area contributed by atoms with Gasteiger partial charge in [-0.25, -0.2) is 4.79 Å². The molecule has 9 nitrogen and oxygen atoms in total. The van der Waals surface area contributed by atoms with E-state index in [1.807, 2.05) is 13.3 Å². The molecule has 0 spiro atoms. The van der Waals surface area contributed by atoms with Crippen molar-refractivity contribution in [2.24, 2.45) is 0 Å². The summed E-state index contributed by atoms with van der Waals surface area (Å²) >= 11 is 0. The van der Waals surface area contributed by atoms with Gasteiger partial charge in [0.25, 0.3) is 5.56 Å². The number of aliphatic hydroxyl groups excluding tert-OH is 2. The van der Waals surface area contributed by atoms with Gasteiger partial charge in [-0.05, 0) is 32.8 Å². The summed E-state index contributed by atoms with van der Waals surface area (Å²) in [4.78, 5) is 37.0. The SMILES string of the molecule is C=P(C)(C)CCC1OC(n2cc(OCC(C)=O)c(=O)[nH]c2=O)[C@H](O)[C@@H]1O. The zero-order valence-electron chi connectivity index (χ0n) is 15.0. The monoisotopic (exact) mass is 388 g/mol. The van der Waals surface area contributed by atoms with Gasteiger partial charge >= 0.3 is 5.69 Å². The minimum atomic E-state index is -1.35. The summed E-state index contributed by atoms with van der Waals surface area (Å²) in [5, 5.41) is 20.5. The normalized spacial score (nSPS) is 26.0. The molecule has 0 bridgehead atoms. The summed E-state index contributed by atoms with van der Waals surface area (Å²) in [5.74, 6) is -0.549. The Labute approximate surface area is 150 Å². The molecule has 2 unspecified atom stereocenters. The van der Waals surface area contributed by atoms with E-state index < -0.39 is 42.7 Å². The molecule has 1 aromatic rings. The van der Waals surface area contributed by atoms with E-state index in [1.165, 1.54) is 6.92 Å². The Morgan fingerprint density at radius 2 is 2.04 bits per heavy atom. The minimum Gasteiger partial charge on any atom is -0.479 e. The largest absolute Gasteiger partial charge is 0.479 e. The maximum absolute atomic E-state index is 12.1. The molecular formula is C16H25N2O7P. The summed E-state index contributed by atoms with van der Waals surface area (Å²) in [6.45, 7) is 3.72. The average Bonchev–Trinajstić information content (AvgIpc) is 2.79. The Balaban J connectivity index is 2.25. The maximum Gasteiger partial charge on any atom is 0.330 e. The van der Waals surface area contributed by atoms with Gasteiger partial charge in [0.05, 0.1) is 12.3 Å². The van der Waals surface area contributed by atoms with Crippen molar-refractivity contribution in [3.05, 3.63) is 27.0 Å². The van der Waals surface area contributed by atoms with Gasteiger partial charge in [-0.3, -0.25) is 19.1 Å². The van der Waals surface area contributed by atoms with Crippen LogP contribution in [0.1, 0.15) is 19.6 Å². The standard InChI is InChI=1S/C16H25N2O7P/c1-9(19)8-24-11-7-18(16(23)17-14(11)22)15-13(21)12(20)10(25-15)5-6-26(2,3)4/h7,10,12-13,15,20-21H,2,5-6,8H2,1,3-4H3,(H,17,22,23)/t10?,12-,13-,15?/m1/s1. The lowest BCUT2D eigenvalue weighted by atomic mass is 10.1. The Morgan fingerprint density at radius 1 is 1.38 bits per heavy atom. The van der Waals surface area contributed by atoms with Crippen LogP contribution in [0.5, 0.6) is 5.75 Å². The van der Waals surface area contributed by atoms with Crippen LogP contribution >= 0.6 is 6.89 Å². The predicted molar refractivity (Wildman–Crippen MR) is 98.8 cm³/mol. The van der Waals surface area contributed by atoms with Crippen molar-refractivity contribution in [2.75, 3.05) is 26.1 Å². The Morgan fingerprint density at radius 3 is 2.62 bits per heavy atom. The van der Waals surface area contributed by atoms with Gasteiger partial charge in [0.1, 0.15) is 18.8 Å². The van der Waals surface area contributed by atoms with Crippen molar-refractivity contribution in [1.82, 2.24) is 9.55 Å². The first kappa shape index (κ1) is 20.6. The topological polar surface area (TPSA) is 131 Å². The molecule has 26 heavy (non-hydrogen) atoms. The van der Waals surface area contributed by atoms with E-state index in [1.54, 1.807) is 0 Å². The quantitative estimate of drug-likeness (QED) is 0.523. The number of hydrogen-bond donors (Lipinski definition) is 3. The number of carbonyl (C=O) groups excluding carboxylic acids is 1. The third kappa shape index (κ3) is 4.94. The van der Waals surface area contributed by atoms with Crippen LogP contribution in [-0.4, -0.2) is 76.3 Å². The second-order valence-electron chi connectivity index (χ2n) is 7.14. The molecule has 10 heteroatoms. The van der Waals surface area contributed by atoms with Gasteiger partial charge < -0.3 is 19.7 Å². The Hall–Kier alpha value is -1.67. The lowest BCUT2D eigenvalue weighted by Gasteiger charge is -2.19. The molecule has 4 atom stereocenters. The molecule has 1 aromatic heterocycles. The molecule has 1 aliphatic rings. The number of hydrogen-bond acceptors (Lipinski definition) is 7. The van der Waals surface area contributed by atoms with Crippen LogP contribution in [0.3, 0.4) is 0 Å². The summed E-state index contributed by atoms with van der Waals surface area (Å²) in [6, 6.07) is 0. The first-order valence-electron chi connectivity index (χ1n) is 8.16. The number of aromatic amines is 1. The fourth-order valence-corrected chi connectivity index (χ4v) is 3.57. The van der Waals surface area contributed by atoms with Crippen molar-refractivity contribution in [3.63, 3.8) is 0 Å². The summed E-state index contributed by atoms with van der Waals surface area (Å²) in [5.41, 5.74) is -1.60.